The summed E-state index contributed by atoms with van der Waals surface area (Å²) in [6.45, 7) is 2.67. The minimum Gasteiger partial charge on any atom is -0.394 e. The molecule has 1 atom stereocenters. The largest absolute Gasteiger partial charge is 0.394 e. The monoisotopic (exact) mass is 653 g/mol. The number of nitrogens with two attached hydrogens (primary N) is 2. The number of carbonyl (C=O) groups excluding carboxylic acids is 3. The van der Waals surface area contributed by atoms with E-state index in [4.69, 9.17) is 49.6 Å². The second-order valence-electron chi connectivity index (χ2n) is 10.7. The van der Waals surface area contributed by atoms with Gasteiger partial charge in [-0.25, -0.2) is 15.0 Å². The maximum atomic E-state index is 13.0. The third-order valence-corrected chi connectivity index (χ3v) is 8.40. The molecule has 236 valence electrons. The number of hydrogen-bond donors (Lipinski definition) is 5. The smallest absolute Gasteiger partial charge is 0.242 e. The Balaban J connectivity index is 1.68. The number of amides is 3. The lowest BCUT2D eigenvalue weighted by Gasteiger charge is -2.40. The van der Waals surface area contributed by atoms with Crippen LogP contribution in [0.5, 0.6) is 0 Å². The lowest BCUT2D eigenvalue weighted by molar-refractivity contribution is -0.127. The van der Waals surface area contributed by atoms with Crippen LogP contribution < -0.4 is 27.0 Å². The standard InChI is InChI=1S/C30H33Cl2N9O4/c1-2-35-30(29(34)45)11-13-40(14-12-30)27-24-28(38-22(37-27)15-23(43)36-21(16-42)25(33)44)41(18-9-7-17(31)8-10-18)26(39-24)19-5-3-4-6-20(19)32/h3-10,21,35,42H,2,11-16H2,1H3,(H2,33,44)(H2,34,45)(H,36,43). The van der Waals surface area contributed by atoms with Gasteiger partial charge in [0.1, 0.15) is 23.2 Å². The van der Waals surface area contributed by atoms with Gasteiger partial charge in [-0.2, -0.15) is 0 Å². The van der Waals surface area contributed by atoms with Gasteiger partial charge in [0.05, 0.1) is 18.1 Å². The number of halogens is 2. The van der Waals surface area contributed by atoms with E-state index < -0.39 is 35.9 Å². The van der Waals surface area contributed by atoms with E-state index in [2.05, 4.69) is 10.6 Å². The average Bonchev–Trinajstić information content (AvgIpc) is 3.39. The van der Waals surface area contributed by atoms with Crippen molar-refractivity contribution in [1.82, 2.24) is 30.2 Å². The van der Waals surface area contributed by atoms with Gasteiger partial charge in [0, 0.05) is 29.4 Å². The van der Waals surface area contributed by atoms with Gasteiger partial charge < -0.3 is 32.1 Å². The summed E-state index contributed by atoms with van der Waals surface area (Å²) >= 11 is 12.9. The highest BCUT2D eigenvalue weighted by Gasteiger charge is 2.40. The number of likely N-dealkylation sites (N-methyl/N-ethyl adjacent to an activating group) is 1. The van der Waals surface area contributed by atoms with Crippen molar-refractivity contribution in [1.29, 1.82) is 0 Å². The summed E-state index contributed by atoms with van der Waals surface area (Å²) in [4.78, 5) is 53.6. The molecule has 0 aliphatic carbocycles. The van der Waals surface area contributed by atoms with Crippen LogP contribution in [-0.4, -0.2) is 80.2 Å². The summed E-state index contributed by atoms with van der Waals surface area (Å²) in [6, 6.07) is 13.1. The van der Waals surface area contributed by atoms with E-state index >= 15 is 0 Å². The number of hydrogen-bond acceptors (Lipinski definition) is 9. The first-order chi connectivity index (χ1) is 21.6. The van der Waals surface area contributed by atoms with Crippen LogP contribution in [0.15, 0.2) is 48.5 Å². The zero-order valence-corrected chi connectivity index (χ0v) is 26.0. The molecule has 0 saturated carbocycles. The van der Waals surface area contributed by atoms with Gasteiger partial charge in [-0.05, 0) is 55.8 Å². The van der Waals surface area contributed by atoms with Crippen molar-refractivity contribution >= 4 is 57.9 Å². The molecule has 3 amide bonds. The molecule has 15 heteroatoms. The van der Waals surface area contributed by atoms with Crippen LogP contribution in [0.2, 0.25) is 10.0 Å². The highest BCUT2D eigenvalue weighted by Crippen LogP contribution is 2.36. The Kier molecular flexibility index (Phi) is 9.53. The molecule has 1 unspecified atom stereocenters. The second kappa shape index (κ2) is 13.4. The number of aliphatic hydroxyl groups excluding tert-OH is 1. The van der Waals surface area contributed by atoms with Crippen molar-refractivity contribution in [3.63, 3.8) is 0 Å². The van der Waals surface area contributed by atoms with Crippen LogP contribution in [0.1, 0.15) is 25.6 Å². The maximum absolute atomic E-state index is 13.0. The lowest BCUT2D eigenvalue weighted by Crippen LogP contribution is -2.61. The zero-order valence-electron chi connectivity index (χ0n) is 24.5. The fourth-order valence-electron chi connectivity index (χ4n) is 5.49. The summed E-state index contributed by atoms with van der Waals surface area (Å²) < 4.78 is 1.82. The molecule has 4 aromatic rings. The molecule has 2 aromatic carbocycles. The predicted molar refractivity (Wildman–Crippen MR) is 171 cm³/mol. The summed E-state index contributed by atoms with van der Waals surface area (Å²) in [5.41, 5.74) is 12.4. The third-order valence-electron chi connectivity index (χ3n) is 7.82. The Morgan fingerprint density at radius 3 is 2.31 bits per heavy atom. The first kappa shape index (κ1) is 32.1. The summed E-state index contributed by atoms with van der Waals surface area (Å²) in [5.74, 6) is -0.835. The van der Waals surface area contributed by atoms with E-state index in [-0.39, 0.29) is 12.2 Å². The first-order valence-electron chi connectivity index (χ1n) is 14.4. The molecule has 2 aromatic heterocycles. The molecule has 45 heavy (non-hydrogen) atoms. The molecular formula is C30H33Cl2N9O4. The van der Waals surface area contributed by atoms with Gasteiger partial charge >= 0.3 is 0 Å². The van der Waals surface area contributed by atoms with Crippen molar-refractivity contribution in [2.45, 2.75) is 37.8 Å². The van der Waals surface area contributed by atoms with E-state index in [9.17, 15) is 19.5 Å². The van der Waals surface area contributed by atoms with Crippen LogP contribution in [-0.2, 0) is 20.8 Å². The quantitative estimate of drug-likeness (QED) is 0.160. The van der Waals surface area contributed by atoms with Crippen LogP contribution in [0.3, 0.4) is 0 Å². The molecule has 0 spiro atoms. The second-order valence-corrected chi connectivity index (χ2v) is 11.6. The molecule has 0 bridgehead atoms. The number of primary amides is 2. The van der Waals surface area contributed by atoms with Gasteiger partial charge in [0.15, 0.2) is 17.0 Å². The molecule has 3 heterocycles. The van der Waals surface area contributed by atoms with E-state index in [1.807, 2.05) is 46.7 Å². The van der Waals surface area contributed by atoms with Gasteiger partial charge in [-0.3, -0.25) is 19.0 Å². The van der Waals surface area contributed by atoms with Crippen molar-refractivity contribution in [3.8, 4) is 17.1 Å². The third kappa shape index (κ3) is 6.57. The van der Waals surface area contributed by atoms with Gasteiger partial charge in [-0.15, -0.1) is 0 Å². The van der Waals surface area contributed by atoms with Crippen molar-refractivity contribution in [2.75, 3.05) is 31.1 Å². The number of fused-ring (bicyclic) bond motifs is 1. The molecular weight excluding hydrogens is 621 g/mol. The predicted octanol–water partition coefficient (Wildman–Crippen LogP) is 1.73. The number of imidazole rings is 1. The highest BCUT2D eigenvalue weighted by molar-refractivity contribution is 6.33. The number of aliphatic hydroxyl groups is 1. The highest BCUT2D eigenvalue weighted by atomic mass is 35.5. The number of nitrogens with zero attached hydrogens (tertiary/aromatic N) is 5. The number of piperidine rings is 1. The van der Waals surface area contributed by atoms with Gasteiger partial charge in [0.25, 0.3) is 0 Å². The number of carbonyl (C=O) groups is 3. The van der Waals surface area contributed by atoms with Gasteiger partial charge in [-0.1, -0.05) is 42.3 Å². The Bertz CT molecular complexity index is 1740. The number of nitrogens with one attached hydrogen (secondary N) is 2. The van der Waals surface area contributed by atoms with E-state index in [1.54, 1.807) is 18.2 Å². The Labute approximate surface area is 268 Å². The Morgan fingerprint density at radius 2 is 1.71 bits per heavy atom. The molecule has 5 rings (SSSR count). The molecule has 13 nitrogen and oxygen atoms in total. The maximum Gasteiger partial charge on any atom is 0.242 e. The number of anilines is 1. The number of rotatable bonds is 11. The Morgan fingerprint density at radius 1 is 1.02 bits per heavy atom. The normalized spacial score (nSPS) is 15.2. The fourth-order valence-corrected chi connectivity index (χ4v) is 5.84. The van der Waals surface area contributed by atoms with Crippen LogP contribution in [0.4, 0.5) is 5.82 Å². The first-order valence-corrected chi connectivity index (χ1v) is 15.1. The zero-order chi connectivity index (χ0) is 32.3. The summed E-state index contributed by atoms with van der Waals surface area (Å²) in [7, 11) is 0. The SMILES string of the molecule is CCNC1(C(N)=O)CCN(c2nc(CC(=O)NC(CO)C(N)=O)nc3c2nc(-c2ccccc2Cl)n3-c2ccc(Cl)cc2)CC1. The Hall–Kier alpha value is -4.30. The van der Waals surface area contributed by atoms with E-state index in [0.717, 1.165) is 0 Å². The topological polar surface area (TPSA) is 194 Å². The molecule has 1 saturated heterocycles. The molecule has 1 aliphatic heterocycles. The van der Waals surface area contributed by atoms with E-state index in [0.29, 0.717) is 76.6 Å². The fraction of sp³-hybridized carbons (Fsp3) is 0.333. The van der Waals surface area contributed by atoms with Gasteiger partial charge in [0.2, 0.25) is 17.7 Å². The van der Waals surface area contributed by atoms with Crippen molar-refractivity contribution in [3.05, 3.63) is 64.4 Å². The average molecular weight is 655 g/mol. The van der Waals surface area contributed by atoms with E-state index in [1.165, 1.54) is 0 Å². The summed E-state index contributed by atoms with van der Waals surface area (Å²) in [6.07, 6.45) is 0.517. The molecule has 1 aliphatic rings. The minimum atomic E-state index is -1.26. The van der Waals surface area contributed by atoms with Crippen molar-refractivity contribution < 1.29 is 19.5 Å². The van der Waals surface area contributed by atoms with Crippen LogP contribution in [0.25, 0.3) is 28.2 Å². The number of aromatic nitrogens is 4. The van der Waals surface area contributed by atoms with Crippen LogP contribution >= 0.6 is 23.2 Å². The molecule has 0 radical (unpaired) electrons. The van der Waals surface area contributed by atoms with Crippen LogP contribution in [0, 0.1) is 0 Å². The van der Waals surface area contributed by atoms with Crippen molar-refractivity contribution in [2.24, 2.45) is 11.5 Å². The lowest BCUT2D eigenvalue weighted by atomic mass is 9.86. The molecule has 1 fully saturated rings. The molecule has 7 N–H and O–H groups in total. The minimum absolute atomic E-state index is 0.135. The number of benzene rings is 2. The summed E-state index contributed by atoms with van der Waals surface area (Å²) in [5, 5.41) is 16.2.